The Morgan fingerprint density at radius 1 is 1.00 bits per heavy atom. The monoisotopic (exact) mass is 288 g/mol. The van der Waals surface area contributed by atoms with Gasteiger partial charge in [-0.2, -0.15) is 0 Å². The number of nitrogens with zero attached hydrogens (tertiary/aromatic N) is 2. The van der Waals surface area contributed by atoms with Gasteiger partial charge >= 0.3 is 6.36 Å². The molecule has 0 aromatic heterocycles. The van der Waals surface area contributed by atoms with E-state index < -0.39 is 6.36 Å². The van der Waals surface area contributed by atoms with Gasteiger partial charge in [0.1, 0.15) is 5.75 Å². The van der Waals surface area contributed by atoms with Crippen LogP contribution in [0.25, 0.3) is 0 Å². The van der Waals surface area contributed by atoms with E-state index in [2.05, 4.69) is 28.4 Å². The van der Waals surface area contributed by atoms with E-state index in [4.69, 9.17) is 0 Å². The molecule has 1 aliphatic heterocycles. The van der Waals surface area contributed by atoms with Crippen LogP contribution in [0.1, 0.15) is 13.8 Å². The van der Waals surface area contributed by atoms with Crippen LogP contribution in [0.4, 0.5) is 18.9 Å². The van der Waals surface area contributed by atoms with Gasteiger partial charge in [-0.05, 0) is 38.1 Å². The maximum Gasteiger partial charge on any atom is 0.573 e. The zero-order valence-corrected chi connectivity index (χ0v) is 11.7. The van der Waals surface area contributed by atoms with Gasteiger partial charge in [-0.1, -0.05) is 0 Å². The molecule has 1 fully saturated rings. The first-order valence-electron chi connectivity index (χ1n) is 6.70. The topological polar surface area (TPSA) is 15.7 Å². The molecule has 0 N–H and O–H groups in total. The molecule has 1 aromatic rings. The summed E-state index contributed by atoms with van der Waals surface area (Å²) in [7, 11) is 0. The fourth-order valence-corrected chi connectivity index (χ4v) is 2.36. The second-order valence-electron chi connectivity index (χ2n) is 5.16. The summed E-state index contributed by atoms with van der Waals surface area (Å²) in [5.41, 5.74) is 0.933. The highest BCUT2D eigenvalue weighted by atomic mass is 19.4. The third-order valence-corrected chi connectivity index (χ3v) is 3.48. The highest BCUT2D eigenvalue weighted by Gasteiger charge is 2.31. The number of hydrogen-bond acceptors (Lipinski definition) is 3. The van der Waals surface area contributed by atoms with Gasteiger partial charge in [-0.25, -0.2) is 0 Å². The van der Waals surface area contributed by atoms with Gasteiger partial charge < -0.3 is 9.64 Å². The number of hydrogen-bond donors (Lipinski definition) is 0. The molecule has 3 nitrogen and oxygen atoms in total. The number of alkyl halides is 3. The molecule has 1 aromatic carbocycles. The first-order chi connectivity index (χ1) is 9.35. The van der Waals surface area contributed by atoms with Crippen molar-refractivity contribution in [2.24, 2.45) is 0 Å². The zero-order valence-electron chi connectivity index (χ0n) is 11.7. The maximum absolute atomic E-state index is 12.1. The molecule has 0 amide bonds. The third kappa shape index (κ3) is 4.03. The van der Waals surface area contributed by atoms with Crippen LogP contribution < -0.4 is 9.64 Å². The second kappa shape index (κ2) is 5.91. The average Bonchev–Trinajstić information content (AvgIpc) is 2.38. The molecule has 0 unspecified atom stereocenters. The lowest BCUT2D eigenvalue weighted by Crippen LogP contribution is -2.48. The molecule has 0 atom stereocenters. The Hall–Kier alpha value is -1.43. The minimum absolute atomic E-state index is 0.179. The Morgan fingerprint density at radius 3 is 2.00 bits per heavy atom. The highest BCUT2D eigenvalue weighted by molar-refractivity contribution is 5.49. The number of piperazine rings is 1. The van der Waals surface area contributed by atoms with Crippen LogP contribution in [0.5, 0.6) is 5.75 Å². The maximum atomic E-state index is 12.1. The third-order valence-electron chi connectivity index (χ3n) is 3.48. The Bertz CT molecular complexity index is 423. The minimum Gasteiger partial charge on any atom is -0.406 e. The Balaban J connectivity index is 1.94. The van der Waals surface area contributed by atoms with Crippen LogP contribution in [0.3, 0.4) is 0 Å². The van der Waals surface area contributed by atoms with Crippen molar-refractivity contribution in [1.82, 2.24) is 4.90 Å². The summed E-state index contributed by atoms with van der Waals surface area (Å²) in [5, 5.41) is 0. The van der Waals surface area contributed by atoms with Crippen molar-refractivity contribution in [3.63, 3.8) is 0 Å². The van der Waals surface area contributed by atoms with Crippen LogP contribution in [-0.4, -0.2) is 43.5 Å². The van der Waals surface area contributed by atoms with Gasteiger partial charge in [0.05, 0.1) is 0 Å². The summed E-state index contributed by atoms with van der Waals surface area (Å²) in [6.07, 6.45) is -4.63. The van der Waals surface area contributed by atoms with E-state index in [1.165, 1.54) is 12.1 Å². The molecule has 0 bridgehead atoms. The summed E-state index contributed by atoms with van der Waals surface area (Å²) in [6.45, 7) is 8.05. The molecule has 112 valence electrons. The zero-order chi connectivity index (χ0) is 14.8. The quantitative estimate of drug-likeness (QED) is 0.850. The summed E-state index contributed by atoms with van der Waals surface area (Å²) < 4.78 is 40.1. The highest BCUT2D eigenvalue weighted by Crippen LogP contribution is 2.25. The minimum atomic E-state index is -4.63. The van der Waals surface area contributed by atoms with Crippen molar-refractivity contribution in [3.05, 3.63) is 24.3 Å². The van der Waals surface area contributed by atoms with Gasteiger partial charge in [0.15, 0.2) is 0 Å². The lowest BCUT2D eigenvalue weighted by Gasteiger charge is -2.38. The van der Waals surface area contributed by atoms with Gasteiger partial charge in [0, 0.05) is 37.9 Å². The van der Waals surface area contributed by atoms with Crippen molar-refractivity contribution in [3.8, 4) is 5.75 Å². The molecular formula is C14H19F3N2O. The normalized spacial score (nSPS) is 17.6. The molecule has 1 saturated heterocycles. The van der Waals surface area contributed by atoms with Crippen LogP contribution >= 0.6 is 0 Å². The molecule has 0 spiro atoms. The molecule has 0 saturated carbocycles. The van der Waals surface area contributed by atoms with Crippen molar-refractivity contribution >= 4 is 5.69 Å². The predicted molar refractivity (Wildman–Crippen MR) is 72.0 cm³/mol. The molecule has 0 radical (unpaired) electrons. The number of benzene rings is 1. The van der Waals surface area contributed by atoms with Gasteiger partial charge in [-0.3, -0.25) is 4.90 Å². The summed E-state index contributed by atoms with van der Waals surface area (Å²) in [6, 6.07) is 6.59. The molecular weight excluding hydrogens is 269 g/mol. The van der Waals surface area contributed by atoms with Crippen molar-refractivity contribution < 1.29 is 17.9 Å². The Morgan fingerprint density at radius 2 is 1.55 bits per heavy atom. The van der Waals surface area contributed by atoms with E-state index in [0.29, 0.717) is 6.04 Å². The van der Waals surface area contributed by atoms with Crippen LogP contribution in [0, 0.1) is 0 Å². The fraction of sp³-hybridized carbons (Fsp3) is 0.571. The van der Waals surface area contributed by atoms with E-state index in [0.717, 1.165) is 31.9 Å². The van der Waals surface area contributed by atoms with Crippen LogP contribution in [0.15, 0.2) is 24.3 Å². The second-order valence-corrected chi connectivity index (χ2v) is 5.16. The molecule has 0 aliphatic carbocycles. The fourth-order valence-electron chi connectivity index (χ4n) is 2.36. The molecule has 6 heteroatoms. The average molecular weight is 288 g/mol. The molecule has 2 rings (SSSR count). The van der Waals surface area contributed by atoms with Gasteiger partial charge in [0.25, 0.3) is 0 Å². The Kier molecular flexibility index (Phi) is 4.42. The van der Waals surface area contributed by atoms with E-state index in [1.54, 1.807) is 12.1 Å². The van der Waals surface area contributed by atoms with Crippen molar-refractivity contribution in [1.29, 1.82) is 0 Å². The molecule has 1 heterocycles. The van der Waals surface area contributed by atoms with Crippen molar-refractivity contribution in [2.75, 3.05) is 31.1 Å². The number of anilines is 1. The number of halogens is 3. The number of rotatable bonds is 3. The standard InChI is InChI=1S/C14H19F3N2O/c1-11(2)18-7-9-19(10-8-18)12-3-5-13(6-4-12)20-14(15,16)17/h3-6,11H,7-10H2,1-2H3. The van der Waals surface area contributed by atoms with E-state index in [-0.39, 0.29) is 5.75 Å². The van der Waals surface area contributed by atoms with Gasteiger partial charge in [0.2, 0.25) is 0 Å². The lowest BCUT2D eigenvalue weighted by molar-refractivity contribution is -0.274. The smallest absolute Gasteiger partial charge is 0.406 e. The number of ether oxygens (including phenoxy) is 1. The predicted octanol–water partition coefficient (Wildman–Crippen LogP) is 3.12. The SMILES string of the molecule is CC(C)N1CCN(c2ccc(OC(F)(F)F)cc2)CC1. The first-order valence-corrected chi connectivity index (χ1v) is 6.70. The van der Waals surface area contributed by atoms with Crippen LogP contribution in [-0.2, 0) is 0 Å². The first kappa shape index (κ1) is 15.0. The molecule has 1 aliphatic rings. The Labute approximate surface area is 116 Å². The van der Waals surface area contributed by atoms with Crippen molar-refractivity contribution in [2.45, 2.75) is 26.3 Å². The largest absolute Gasteiger partial charge is 0.573 e. The van der Waals surface area contributed by atoms with E-state index >= 15 is 0 Å². The summed E-state index contributed by atoms with van der Waals surface area (Å²) >= 11 is 0. The van der Waals surface area contributed by atoms with Gasteiger partial charge in [-0.15, -0.1) is 13.2 Å². The summed E-state index contributed by atoms with van der Waals surface area (Å²) in [4.78, 5) is 4.56. The lowest BCUT2D eigenvalue weighted by atomic mass is 10.2. The van der Waals surface area contributed by atoms with E-state index in [9.17, 15) is 13.2 Å². The van der Waals surface area contributed by atoms with Crippen LogP contribution in [0.2, 0.25) is 0 Å². The molecule has 20 heavy (non-hydrogen) atoms. The summed E-state index contributed by atoms with van der Waals surface area (Å²) in [5.74, 6) is -0.179. The van der Waals surface area contributed by atoms with E-state index in [1.807, 2.05) is 0 Å².